The largest absolute Gasteiger partial charge is 0.573 e. The first-order chi connectivity index (χ1) is 16.8. The number of rotatable bonds is 5. The van der Waals surface area contributed by atoms with Crippen molar-refractivity contribution in [3.05, 3.63) is 48.5 Å². The minimum absolute atomic E-state index is 0.0632. The van der Waals surface area contributed by atoms with Gasteiger partial charge in [-0.15, -0.1) is 18.3 Å². The van der Waals surface area contributed by atoms with Crippen molar-refractivity contribution in [1.29, 1.82) is 0 Å². The Labute approximate surface area is 198 Å². The number of benzene rings is 1. The number of halogens is 6. The van der Waals surface area contributed by atoms with Gasteiger partial charge in [-0.2, -0.15) is 13.2 Å². The predicted molar refractivity (Wildman–Crippen MR) is 111 cm³/mol. The van der Waals surface area contributed by atoms with E-state index < -0.39 is 41.9 Å². The summed E-state index contributed by atoms with van der Waals surface area (Å²) in [5.74, 6) is -4.17. The first kappa shape index (κ1) is 24.9. The normalized spacial score (nSPS) is 18.1. The Hall–Kier alpha value is -4.17. The number of nitrogens with one attached hydrogen (secondary N) is 2. The molecule has 0 unspecified atom stereocenters. The number of nitrogens with zero attached hydrogens (tertiary/aromatic N) is 4. The van der Waals surface area contributed by atoms with Gasteiger partial charge in [0.05, 0.1) is 24.0 Å². The number of anilines is 1. The maximum absolute atomic E-state index is 12.9. The average Bonchev–Trinajstić information content (AvgIpc) is 3.35. The summed E-state index contributed by atoms with van der Waals surface area (Å²) in [7, 11) is 0. The number of carbonyl (C=O) groups is 2. The van der Waals surface area contributed by atoms with E-state index in [1.165, 1.54) is 18.2 Å². The van der Waals surface area contributed by atoms with Gasteiger partial charge in [0, 0.05) is 24.1 Å². The van der Waals surface area contributed by atoms with Crippen molar-refractivity contribution in [2.24, 2.45) is 11.8 Å². The van der Waals surface area contributed by atoms with Gasteiger partial charge in [0.1, 0.15) is 11.4 Å². The molecule has 3 heterocycles. The molecule has 1 aromatic carbocycles. The number of amides is 2. The van der Waals surface area contributed by atoms with Gasteiger partial charge >= 0.3 is 12.5 Å². The molecule has 4 rings (SSSR count). The van der Waals surface area contributed by atoms with Gasteiger partial charge in [-0.25, -0.2) is 14.6 Å². The van der Waals surface area contributed by atoms with E-state index in [2.05, 4.69) is 30.4 Å². The van der Waals surface area contributed by atoms with Gasteiger partial charge in [0.15, 0.2) is 5.82 Å². The number of ether oxygens (including phenoxy) is 1. The van der Waals surface area contributed by atoms with Crippen LogP contribution in [0.3, 0.4) is 0 Å². The van der Waals surface area contributed by atoms with Gasteiger partial charge in [-0.1, -0.05) is 19.1 Å². The highest BCUT2D eigenvalue weighted by molar-refractivity contribution is 5.98. The van der Waals surface area contributed by atoms with E-state index in [-0.39, 0.29) is 35.2 Å². The van der Waals surface area contributed by atoms with Crippen molar-refractivity contribution in [1.82, 2.24) is 25.1 Å². The van der Waals surface area contributed by atoms with Gasteiger partial charge in [0.25, 0.3) is 0 Å². The summed E-state index contributed by atoms with van der Waals surface area (Å²) in [4.78, 5) is 30.9. The second-order valence-corrected chi connectivity index (χ2v) is 7.79. The van der Waals surface area contributed by atoms with E-state index in [0.29, 0.717) is 0 Å². The molecular formula is C21H16F6N6O3. The van der Waals surface area contributed by atoms with Crippen LogP contribution in [0.5, 0.6) is 5.75 Å². The molecule has 2 N–H and O–H groups in total. The van der Waals surface area contributed by atoms with E-state index in [0.717, 1.165) is 29.2 Å². The lowest BCUT2D eigenvalue weighted by atomic mass is 9.97. The maximum atomic E-state index is 12.9. The van der Waals surface area contributed by atoms with Crippen molar-refractivity contribution >= 4 is 17.6 Å². The summed E-state index contributed by atoms with van der Waals surface area (Å²) in [6.45, 7) is 1.67. The maximum Gasteiger partial charge on any atom is 0.573 e. The average molecular weight is 514 g/mol. The topological polar surface area (TPSA) is 111 Å². The van der Waals surface area contributed by atoms with E-state index >= 15 is 0 Å². The third-order valence-electron chi connectivity index (χ3n) is 5.31. The Bertz CT molecular complexity index is 1290. The molecule has 1 saturated heterocycles. The lowest BCUT2D eigenvalue weighted by Crippen LogP contribution is -2.28. The Morgan fingerprint density at radius 3 is 2.42 bits per heavy atom. The molecule has 15 heteroatoms. The van der Waals surface area contributed by atoms with E-state index in [1.54, 1.807) is 6.92 Å². The van der Waals surface area contributed by atoms with Crippen molar-refractivity contribution in [3.8, 4) is 22.7 Å². The fourth-order valence-electron chi connectivity index (χ4n) is 3.54. The molecule has 3 aromatic rings. The minimum Gasteiger partial charge on any atom is -0.406 e. The third-order valence-corrected chi connectivity index (χ3v) is 5.31. The Kier molecular flexibility index (Phi) is 6.32. The van der Waals surface area contributed by atoms with Gasteiger partial charge < -0.3 is 15.4 Å². The number of alkyl halides is 6. The highest BCUT2D eigenvalue weighted by Crippen LogP contribution is 2.32. The van der Waals surface area contributed by atoms with Crippen LogP contribution < -0.4 is 15.4 Å². The van der Waals surface area contributed by atoms with E-state index in [4.69, 9.17) is 0 Å². The molecule has 2 aromatic heterocycles. The van der Waals surface area contributed by atoms with Gasteiger partial charge in [-0.05, 0) is 12.1 Å². The lowest BCUT2D eigenvalue weighted by Gasteiger charge is -2.11. The molecule has 9 nitrogen and oxygen atoms in total. The summed E-state index contributed by atoms with van der Waals surface area (Å²) in [6.07, 6.45) is -8.09. The molecular weight excluding hydrogens is 498 g/mol. The zero-order chi connectivity index (χ0) is 26.3. The highest BCUT2D eigenvalue weighted by atomic mass is 19.4. The predicted octanol–water partition coefficient (Wildman–Crippen LogP) is 3.57. The molecule has 0 radical (unpaired) electrons. The monoisotopic (exact) mass is 514 g/mol. The molecule has 2 atom stereocenters. The van der Waals surface area contributed by atoms with E-state index in [1.807, 2.05) is 0 Å². The quantitative estimate of drug-likeness (QED) is 0.504. The summed E-state index contributed by atoms with van der Waals surface area (Å²) in [5, 5.41) is 9.25. The van der Waals surface area contributed by atoms with Crippen LogP contribution in [0.15, 0.2) is 42.7 Å². The highest BCUT2D eigenvalue weighted by Gasteiger charge is 2.37. The number of hydrogen-bond acceptors (Lipinski definition) is 6. The van der Waals surface area contributed by atoms with Crippen molar-refractivity contribution in [3.63, 3.8) is 0 Å². The summed E-state index contributed by atoms with van der Waals surface area (Å²) < 4.78 is 81.7. The van der Waals surface area contributed by atoms with Gasteiger partial charge in [0.2, 0.25) is 17.6 Å². The smallest absolute Gasteiger partial charge is 0.406 e. The third kappa shape index (κ3) is 5.39. The number of carbonyl (C=O) groups excluding carboxylic acids is 2. The fraction of sp³-hybridized carbons (Fsp3) is 0.286. The second-order valence-electron chi connectivity index (χ2n) is 7.79. The second kappa shape index (κ2) is 9.13. The molecule has 0 saturated carbocycles. The first-order valence-electron chi connectivity index (χ1n) is 10.3. The van der Waals surface area contributed by atoms with Crippen LogP contribution in [0.1, 0.15) is 12.7 Å². The summed E-state index contributed by atoms with van der Waals surface area (Å²) in [6, 6.07) is 6.09. The molecule has 0 aliphatic carbocycles. The molecule has 36 heavy (non-hydrogen) atoms. The Morgan fingerprint density at radius 2 is 1.83 bits per heavy atom. The number of hydrogen-bond donors (Lipinski definition) is 2. The SMILES string of the molecule is C[C@H]1C(=O)NC[C@@H]1C(=O)Nc1cc(-c2cccc(OC(F)(F)F)c2)n(-c2cnc(C(F)(F)F)nc2)n1. The van der Waals surface area contributed by atoms with Crippen LogP contribution in [0.2, 0.25) is 0 Å². The fourth-order valence-corrected chi connectivity index (χ4v) is 3.54. The minimum atomic E-state index is -4.96. The Morgan fingerprint density at radius 1 is 1.14 bits per heavy atom. The molecule has 190 valence electrons. The first-order valence-corrected chi connectivity index (χ1v) is 10.3. The molecule has 1 aliphatic rings. The van der Waals surface area contributed by atoms with Crippen LogP contribution in [-0.4, -0.2) is 44.5 Å². The van der Waals surface area contributed by atoms with Crippen LogP contribution in [0.4, 0.5) is 32.2 Å². The number of aromatic nitrogens is 4. The molecule has 1 aliphatic heterocycles. The molecule has 2 amide bonds. The van der Waals surface area contributed by atoms with Crippen molar-refractivity contribution in [2.45, 2.75) is 19.5 Å². The van der Waals surface area contributed by atoms with Crippen LogP contribution in [-0.2, 0) is 15.8 Å². The summed E-state index contributed by atoms with van der Waals surface area (Å²) >= 11 is 0. The van der Waals surface area contributed by atoms with Crippen molar-refractivity contribution in [2.75, 3.05) is 11.9 Å². The lowest BCUT2D eigenvalue weighted by molar-refractivity contribution is -0.274. The van der Waals surface area contributed by atoms with E-state index in [9.17, 15) is 35.9 Å². The molecule has 1 fully saturated rings. The molecule has 0 bridgehead atoms. The van der Waals surface area contributed by atoms with Crippen LogP contribution in [0, 0.1) is 11.8 Å². The standard InChI is InChI=1S/C21H16F6N6O3/c1-10-14(9-28-17(10)34)18(35)31-16-6-15(11-3-2-4-13(5-11)36-21(25,26)27)33(32-16)12-7-29-19(30-8-12)20(22,23)24/h2-8,10,14H,9H2,1H3,(H,28,34)(H,31,32,35)/t10-,14+/m1/s1. The Balaban J connectivity index is 1.72. The van der Waals surface area contributed by atoms with Crippen LogP contribution in [0.25, 0.3) is 16.9 Å². The zero-order valence-electron chi connectivity index (χ0n) is 18.2. The van der Waals surface area contributed by atoms with Crippen LogP contribution >= 0.6 is 0 Å². The van der Waals surface area contributed by atoms with Crippen molar-refractivity contribution < 1.29 is 40.7 Å². The zero-order valence-corrected chi connectivity index (χ0v) is 18.2. The molecule has 0 spiro atoms. The van der Waals surface area contributed by atoms with Gasteiger partial charge in [-0.3, -0.25) is 9.59 Å². The summed E-state index contributed by atoms with van der Waals surface area (Å²) in [5.41, 5.74) is 0.164.